The van der Waals surface area contributed by atoms with Crippen LogP contribution in [0.2, 0.25) is 0 Å². The van der Waals surface area contributed by atoms with E-state index in [1.807, 2.05) is 30.3 Å². The summed E-state index contributed by atoms with van der Waals surface area (Å²) >= 11 is 0. The molecule has 0 atom stereocenters. The number of hydrogen-bond acceptors (Lipinski definition) is 5. The van der Waals surface area contributed by atoms with Crippen molar-refractivity contribution in [2.24, 2.45) is 0 Å². The van der Waals surface area contributed by atoms with Crippen LogP contribution < -0.4 is 19.5 Å². The number of methoxy groups -OCH3 is 2. The first-order valence-corrected chi connectivity index (χ1v) is 8.99. The lowest BCUT2D eigenvalue weighted by Gasteiger charge is -2.14. The number of aromatic nitrogens is 2. The van der Waals surface area contributed by atoms with Crippen LogP contribution in [0, 0.1) is 0 Å². The Balaban J connectivity index is 1.58. The van der Waals surface area contributed by atoms with Crippen LogP contribution >= 0.6 is 0 Å². The van der Waals surface area contributed by atoms with Crippen molar-refractivity contribution >= 4 is 11.6 Å². The minimum absolute atomic E-state index is 0.110. The average molecular weight is 393 g/mol. The van der Waals surface area contributed by atoms with Crippen molar-refractivity contribution in [1.82, 2.24) is 14.9 Å². The molecule has 3 aromatic rings. The molecule has 1 aromatic heterocycles. The summed E-state index contributed by atoms with van der Waals surface area (Å²) in [5.74, 6) is 1.60. The molecule has 0 bridgehead atoms. The van der Waals surface area contributed by atoms with E-state index in [-0.39, 0.29) is 12.5 Å². The van der Waals surface area contributed by atoms with Crippen molar-refractivity contribution in [2.45, 2.75) is 6.54 Å². The number of nitrogens with zero attached hydrogens (tertiary/aromatic N) is 2. The predicted molar refractivity (Wildman–Crippen MR) is 110 cm³/mol. The van der Waals surface area contributed by atoms with E-state index in [0.717, 1.165) is 11.1 Å². The van der Waals surface area contributed by atoms with Crippen molar-refractivity contribution < 1.29 is 19.0 Å². The van der Waals surface area contributed by atoms with Gasteiger partial charge in [0, 0.05) is 24.5 Å². The number of nitrogens with one attached hydrogen (secondary N) is 1. The van der Waals surface area contributed by atoms with Crippen LogP contribution in [0.15, 0.2) is 67.8 Å². The molecular formula is C22H23N3O4. The molecule has 0 radical (unpaired) electrons. The van der Waals surface area contributed by atoms with Crippen molar-refractivity contribution in [3.8, 4) is 17.2 Å². The topological polar surface area (TPSA) is 74.6 Å². The van der Waals surface area contributed by atoms with Crippen molar-refractivity contribution in [1.29, 1.82) is 0 Å². The van der Waals surface area contributed by atoms with Gasteiger partial charge in [-0.05, 0) is 29.8 Å². The summed E-state index contributed by atoms with van der Waals surface area (Å²) in [6, 6.07) is 12.9. The highest BCUT2D eigenvalue weighted by atomic mass is 16.5. The van der Waals surface area contributed by atoms with Crippen molar-refractivity contribution in [2.75, 3.05) is 20.8 Å². The highest BCUT2D eigenvalue weighted by Gasteiger charge is 2.11. The molecule has 0 fully saturated rings. The molecule has 1 N–H and O–H groups in total. The highest BCUT2D eigenvalue weighted by Crippen LogP contribution is 2.28. The van der Waals surface area contributed by atoms with Gasteiger partial charge in [0.05, 0.1) is 26.2 Å². The van der Waals surface area contributed by atoms with Gasteiger partial charge < -0.3 is 24.1 Å². The first kappa shape index (κ1) is 20.0. The van der Waals surface area contributed by atoms with Gasteiger partial charge in [-0.3, -0.25) is 4.79 Å². The molecule has 1 heterocycles. The van der Waals surface area contributed by atoms with Crippen molar-refractivity contribution in [3.05, 3.63) is 78.9 Å². The Morgan fingerprint density at radius 1 is 1.10 bits per heavy atom. The van der Waals surface area contributed by atoms with E-state index in [9.17, 15) is 4.79 Å². The molecule has 3 rings (SSSR count). The second kappa shape index (κ2) is 9.45. The van der Waals surface area contributed by atoms with Crippen LogP contribution in [0.3, 0.4) is 0 Å². The van der Waals surface area contributed by atoms with Gasteiger partial charge in [0.1, 0.15) is 5.75 Å². The van der Waals surface area contributed by atoms with E-state index in [1.165, 1.54) is 0 Å². The van der Waals surface area contributed by atoms with E-state index >= 15 is 0 Å². The molecule has 0 aliphatic rings. The third-order valence-corrected chi connectivity index (χ3v) is 4.31. The summed E-state index contributed by atoms with van der Waals surface area (Å²) in [6.07, 6.45) is 5.14. The monoisotopic (exact) mass is 393 g/mol. The molecule has 7 heteroatoms. The number of rotatable bonds is 9. The van der Waals surface area contributed by atoms with Crippen LogP contribution in [0.1, 0.15) is 11.1 Å². The zero-order chi connectivity index (χ0) is 20.6. The molecule has 29 heavy (non-hydrogen) atoms. The first-order chi connectivity index (χ1) is 14.1. The molecule has 2 aromatic carbocycles. The fraction of sp³-hybridized carbons (Fsp3) is 0.182. The maximum Gasteiger partial charge on any atom is 0.258 e. The van der Waals surface area contributed by atoms with Crippen LogP contribution in [0.5, 0.6) is 17.2 Å². The second-order valence-corrected chi connectivity index (χ2v) is 6.17. The van der Waals surface area contributed by atoms with E-state index in [0.29, 0.717) is 29.5 Å². The van der Waals surface area contributed by atoms with Crippen LogP contribution in [-0.2, 0) is 11.3 Å². The number of para-hydroxylation sites is 1. The van der Waals surface area contributed by atoms with Gasteiger partial charge >= 0.3 is 0 Å². The van der Waals surface area contributed by atoms with Gasteiger partial charge in [-0.25, -0.2) is 4.98 Å². The summed E-state index contributed by atoms with van der Waals surface area (Å²) in [5, 5.41) is 2.84. The first-order valence-electron chi connectivity index (χ1n) is 8.99. The predicted octanol–water partition coefficient (Wildman–Crippen LogP) is 3.11. The van der Waals surface area contributed by atoms with Crippen LogP contribution in [0.25, 0.3) is 5.70 Å². The largest absolute Gasteiger partial charge is 0.493 e. The van der Waals surface area contributed by atoms with Gasteiger partial charge in [-0.2, -0.15) is 0 Å². The minimum atomic E-state index is -0.233. The van der Waals surface area contributed by atoms with E-state index in [1.54, 1.807) is 49.6 Å². The SMILES string of the molecule is C=C(c1ccccc1OCC(=O)NCc1ccc(OC)c(OC)c1)n1ccnc1. The van der Waals surface area contributed by atoms with Gasteiger partial charge in [-0.15, -0.1) is 0 Å². The zero-order valence-electron chi connectivity index (χ0n) is 16.4. The normalized spacial score (nSPS) is 10.3. The fourth-order valence-electron chi connectivity index (χ4n) is 2.77. The standard InChI is InChI=1S/C22H23N3O4/c1-16(25-11-10-23-15-25)18-6-4-5-7-19(18)29-14-22(26)24-13-17-8-9-20(27-2)21(12-17)28-3/h4-12,15H,1,13-14H2,2-3H3,(H,24,26). The quantitative estimate of drug-likeness (QED) is 0.605. The fourth-order valence-corrected chi connectivity index (χ4v) is 2.77. The number of ether oxygens (including phenoxy) is 3. The van der Waals surface area contributed by atoms with E-state index in [4.69, 9.17) is 14.2 Å². The third kappa shape index (κ3) is 4.95. The summed E-state index contributed by atoms with van der Waals surface area (Å²) in [5.41, 5.74) is 2.40. The Labute approximate surface area is 169 Å². The third-order valence-electron chi connectivity index (χ3n) is 4.31. The lowest BCUT2D eigenvalue weighted by Crippen LogP contribution is -2.28. The molecule has 150 valence electrons. The smallest absolute Gasteiger partial charge is 0.258 e. The molecule has 0 saturated heterocycles. The maximum absolute atomic E-state index is 12.2. The van der Waals surface area contributed by atoms with Crippen LogP contribution in [-0.4, -0.2) is 36.3 Å². The van der Waals surface area contributed by atoms with Gasteiger partial charge in [0.15, 0.2) is 18.1 Å². The Bertz CT molecular complexity index is 983. The van der Waals surface area contributed by atoms with Crippen molar-refractivity contribution in [3.63, 3.8) is 0 Å². The molecule has 0 unspecified atom stereocenters. The molecule has 0 saturated carbocycles. The molecule has 0 spiro atoms. The Morgan fingerprint density at radius 3 is 2.62 bits per heavy atom. The molecule has 0 aliphatic heterocycles. The minimum Gasteiger partial charge on any atom is -0.493 e. The zero-order valence-corrected chi connectivity index (χ0v) is 16.4. The molecular weight excluding hydrogens is 370 g/mol. The average Bonchev–Trinajstić information content (AvgIpc) is 3.30. The summed E-state index contributed by atoms with van der Waals surface area (Å²) < 4.78 is 18.0. The summed E-state index contributed by atoms with van der Waals surface area (Å²) in [7, 11) is 3.15. The van der Waals surface area contributed by atoms with Gasteiger partial charge in [-0.1, -0.05) is 24.8 Å². The lowest BCUT2D eigenvalue weighted by atomic mass is 10.1. The summed E-state index contributed by atoms with van der Waals surface area (Å²) in [4.78, 5) is 16.3. The molecule has 1 amide bonds. The molecule has 0 aliphatic carbocycles. The maximum atomic E-state index is 12.2. The Hall–Kier alpha value is -3.74. The van der Waals surface area contributed by atoms with Gasteiger partial charge in [0.2, 0.25) is 0 Å². The number of imidazole rings is 1. The lowest BCUT2D eigenvalue weighted by molar-refractivity contribution is -0.123. The van der Waals surface area contributed by atoms with Gasteiger partial charge in [0.25, 0.3) is 5.91 Å². The number of hydrogen-bond donors (Lipinski definition) is 1. The van der Waals surface area contributed by atoms with Crippen LogP contribution in [0.4, 0.5) is 0 Å². The number of benzene rings is 2. The van der Waals surface area contributed by atoms with E-state index < -0.39 is 0 Å². The Morgan fingerprint density at radius 2 is 1.90 bits per heavy atom. The van der Waals surface area contributed by atoms with E-state index in [2.05, 4.69) is 16.9 Å². The number of carbonyl (C=O) groups is 1. The summed E-state index contributed by atoms with van der Waals surface area (Å²) in [6.45, 7) is 4.33. The Kier molecular flexibility index (Phi) is 6.52. The second-order valence-electron chi connectivity index (χ2n) is 6.17. The number of carbonyl (C=O) groups excluding carboxylic acids is 1. The number of amides is 1. The molecule has 7 nitrogen and oxygen atoms in total. The highest BCUT2D eigenvalue weighted by molar-refractivity contribution is 5.78.